The van der Waals surface area contributed by atoms with Gasteiger partial charge in [-0.1, -0.05) is 19.9 Å². The predicted molar refractivity (Wildman–Crippen MR) is 69.7 cm³/mol. The molecule has 94 valence electrons. The molecular weight excluding hydrogens is 210 g/mol. The van der Waals surface area contributed by atoms with Crippen LogP contribution in [0.2, 0.25) is 0 Å². The van der Waals surface area contributed by atoms with Gasteiger partial charge in [0, 0.05) is 18.0 Å². The molecule has 0 atom stereocenters. The van der Waals surface area contributed by atoms with E-state index in [4.69, 9.17) is 0 Å². The van der Waals surface area contributed by atoms with Crippen LogP contribution in [0.3, 0.4) is 0 Å². The van der Waals surface area contributed by atoms with Crippen LogP contribution < -0.4 is 0 Å². The fourth-order valence-corrected chi connectivity index (χ4v) is 2.88. The molecule has 0 aromatic carbocycles. The van der Waals surface area contributed by atoms with Gasteiger partial charge < -0.3 is 5.11 Å². The molecule has 2 rings (SSSR count). The first kappa shape index (κ1) is 12.6. The molecule has 1 saturated carbocycles. The summed E-state index contributed by atoms with van der Waals surface area (Å²) < 4.78 is 0. The molecule has 0 spiro atoms. The standard InChI is InChI=1S/C15H23NO/c1-11(2)13-4-6-15(17,7-5-13)14-8-12(3)9-16-10-14/h8-11,13,17H,4-7H2,1-3H3. The average molecular weight is 233 g/mol. The van der Waals surface area contributed by atoms with E-state index < -0.39 is 5.60 Å². The van der Waals surface area contributed by atoms with E-state index in [1.807, 2.05) is 19.3 Å². The van der Waals surface area contributed by atoms with E-state index in [0.717, 1.165) is 48.6 Å². The lowest BCUT2D eigenvalue weighted by atomic mass is 9.72. The fraction of sp³-hybridized carbons (Fsp3) is 0.667. The molecule has 0 saturated heterocycles. The Bertz CT molecular complexity index is 378. The molecular formula is C15H23NO. The Morgan fingerprint density at radius 1 is 1.29 bits per heavy atom. The second-order valence-electron chi connectivity index (χ2n) is 5.86. The van der Waals surface area contributed by atoms with Gasteiger partial charge in [-0.25, -0.2) is 0 Å². The Balaban J connectivity index is 2.12. The minimum Gasteiger partial charge on any atom is -0.385 e. The van der Waals surface area contributed by atoms with Crippen molar-refractivity contribution in [2.24, 2.45) is 11.8 Å². The largest absolute Gasteiger partial charge is 0.385 e. The van der Waals surface area contributed by atoms with Gasteiger partial charge >= 0.3 is 0 Å². The highest BCUT2D eigenvalue weighted by Gasteiger charge is 2.35. The smallest absolute Gasteiger partial charge is 0.0911 e. The van der Waals surface area contributed by atoms with Crippen molar-refractivity contribution in [3.05, 3.63) is 29.6 Å². The zero-order chi connectivity index (χ0) is 12.5. The summed E-state index contributed by atoms with van der Waals surface area (Å²) in [5, 5.41) is 10.7. The average Bonchev–Trinajstić information content (AvgIpc) is 2.29. The number of aryl methyl sites for hydroxylation is 1. The van der Waals surface area contributed by atoms with Gasteiger partial charge in [-0.15, -0.1) is 0 Å². The van der Waals surface area contributed by atoms with Gasteiger partial charge in [0.15, 0.2) is 0 Å². The van der Waals surface area contributed by atoms with Crippen molar-refractivity contribution in [2.45, 2.75) is 52.1 Å². The van der Waals surface area contributed by atoms with Crippen molar-refractivity contribution in [3.63, 3.8) is 0 Å². The highest BCUT2D eigenvalue weighted by atomic mass is 16.3. The highest BCUT2D eigenvalue weighted by Crippen LogP contribution is 2.41. The number of rotatable bonds is 2. The molecule has 2 nitrogen and oxygen atoms in total. The molecule has 1 heterocycles. The molecule has 17 heavy (non-hydrogen) atoms. The maximum Gasteiger partial charge on any atom is 0.0911 e. The predicted octanol–water partition coefficient (Wildman–Crippen LogP) is 3.42. The van der Waals surface area contributed by atoms with Gasteiger partial charge in [0.1, 0.15) is 0 Å². The quantitative estimate of drug-likeness (QED) is 0.849. The fourth-order valence-electron chi connectivity index (χ4n) is 2.88. The Labute approximate surface area is 104 Å². The second-order valence-corrected chi connectivity index (χ2v) is 5.86. The third-order valence-electron chi connectivity index (χ3n) is 4.21. The van der Waals surface area contributed by atoms with E-state index >= 15 is 0 Å². The first-order valence-electron chi connectivity index (χ1n) is 6.66. The summed E-state index contributed by atoms with van der Waals surface area (Å²) in [5.74, 6) is 1.50. The summed E-state index contributed by atoms with van der Waals surface area (Å²) in [5.41, 5.74) is 1.49. The Morgan fingerprint density at radius 3 is 2.47 bits per heavy atom. The molecule has 0 bridgehead atoms. The normalized spacial score (nSPS) is 29.6. The van der Waals surface area contributed by atoms with Crippen molar-refractivity contribution in [3.8, 4) is 0 Å². The lowest BCUT2D eigenvalue weighted by Crippen LogP contribution is -2.33. The van der Waals surface area contributed by atoms with E-state index in [1.54, 1.807) is 0 Å². The number of nitrogens with zero attached hydrogens (tertiary/aromatic N) is 1. The number of aliphatic hydroxyl groups is 1. The van der Waals surface area contributed by atoms with Gasteiger partial charge in [-0.3, -0.25) is 4.98 Å². The van der Waals surface area contributed by atoms with Crippen molar-refractivity contribution in [1.82, 2.24) is 4.98 Å². The molecule has 1 aliphatic carbocycles. The third kappa shape index (κ3) is 2.68. The molecule has 1 aromatic rings. The molecule has 0 radical (unpaired) electrons. The summed E-state index contributed by atoms with van der Waals surface area (Å²) in [6.45, 7) is 6.59. The zero-order valence-electron chi connectivity index (χ0n) is 11.1. The maximum absolute atomic E-state index is 10.7. The number of aromatic nitrogens is 1. The maximum atomic E-state index is 10.7. The highest BCUT2D eigenvalue weighted by molar-refractivity contribution is 5.23. The van der Waals surface area contributed by atoms with Crippen LogP contribution in [0.25, 0.3) is 0 Å². The second kappa shape index (κ2) is 4.77. The number of pyridine rings is 1. The van der Waals surface area contributed by atoms with Crippen LogP contribution in [0.1, 0.15) is 50.7 Å². The molecule has 1 aromatic heterocycles. The summed E-state index contributed by atoms with van der Waals surface area (Å²) >= 11 is 0. The van der Waals surface area contributed by atoms with Crippen LogP contribution in [-0.2, 0) is 5.60 Å². The SMILES string of the molecule is Cc1cncc(C2(O)CCC(C(C)C)CC2)c1. The third-order valence-corrected chi connectivity index (χ3v) is 4.21. The van der Waals surface area contributed by atoms with Gasteiger partial charge in [0.2, 0.25) is 0 Å². The van der Waals surface area contributed by atoms with Crippen molar-refractivity contribution < 1.29 is 5.11 Å². The molecule has 1 aliphatic rings. The van der Waals surface area contributed by atoms with Gasteiger partial charge in [0.25, 0.3) is 0 Å². The molecule has 0 amide bonds. The van der Waals surface area contributed by atoms with E-state index in [0.29, 0.717) is 0 Å². The Hall–Kier alpha value is -0.890. The molecule has 0 unspecified atom stereocenters. The lowest BCUT2D eigenvalue weighted by Gasteiger charge is -2.37. The molecule has 1 fully saturated rings. The van der Waals surface area contributed by atoms with Crippen LogP contribution in [0.15, 0.2) is 18.5 Å². The van der Waals surface area contributed by atoms with Crippen molar-refractivity contribution in [2.75, 3.05) is 0 Å². The number of hydrogen-bond acceptors (Lipinski definition) is 2. The summed E-state index contributed by atoms with van der Waals surface area (Å²) in [4.78, 5) is 4.20. The Kier molecular flexibility index (Phi) is 3.53. The van der Waals surface area contributed by atoms with E-state index in [2.05, 4.69) is 24.9 Å². The molecule has 1 N–H and O–H groups in total. The minimum absolute atomic E-state index is 0.635. The topological polar surface area (TPSA) is 33.1 Å². The van der Waals surface area contributed by atoms with Gasteiger partial charge in [-0.2, -0.15) is 0 Å². The van der Waals surface area contributed by atoms with Crippen LogP contribution in [0, 0.1) is 18.8 Å². The van der Waals surface area contributed by atoms with Crippen LogP contribution in [0.4, 0.5) is 0 Å². The molecule has 0 aliphatic heterocycles. The monoisotopic (exact) mass is 233 g/mol. The van der Waals surface area contributed by atoms with E-state index in [1.165, 1.54) is 0 Å². The van der Waals surface area contributed by atoms with Crippen LogP contribution in [-0.4, -0.2) is 10.1 Å². The Morgan fingerprint density at radius 2 is 1.94 bits per heavy atom. The summed E-state index contributed by atoms with van der Waals surface area (Å²) in [7, 11) is 0. The zero-order valence-corrected chi connectivity index (χ0v) is 11.1. The van der Waals surface area contributed by atoms with Gasteiger partial charge in [0.05, 0.1) is 5.60 Å². The van der Waals surface area contributed by atoms with Gasteiger partial charge in [-0.05, 0) is 50.0 Å². The first-order valence-corrected chi connectivity index (χ1v) is 6.66. The van der Waals surface area contributed by atoms with Crippen LogP contribution >= 0.6 is 0 Å². The number of hydrogen-bond donors (Lipinski definition) is 1. The van der Waals surface area contributed by atoms with Crippen LogP contribution in [0.5, 0.6) is 0 Å². The molecule has 2 heteroatoms. The summed E-state index contributed by atoms with van der Waals surface area (Å²) in [6, 6.07) is 2.07. The first-order chi connectivity index (χ1) is 8.01. The van der Waals surface area contributed by atoms with Crippen molar-refractivity contribution in [1.29, 1.82) is 0 Å². The lowest BCUT2D eigenvalue weighted by molar-refractivity contribution is -0.0202. The van der Waals surface area contributed by atoms with E-state index in [9.17, 15) is 5.11 Å². The van der Waals surface area contributed by atoms with Crippen molar-refractivity contribution >= 4 is 0 Å². The minimum atomic E-state index is -0.635. The van der Waals surface area contributed by atoms with E-state index in [-0.39, 0.29) is 0 Å². The summed E-state index contributed by atoms with van der Waals surface area (Å²) in [6.07, 6.45) is 7.67.